The second-order valence-electron chi connectivity index (χ2n) is 7.66. The molecule has 6 heteroatoms. The smallest absolute Gasteiger partial charge is 0.151 e. The zero-order valence-corrected chi connectivity index (χ0v) is 17.4. The molecule has 0 radical (unpaired) electrons. The Morgan fingerprint density at radius 1 is 1.17 bits per heavy atom. The molecule has 0 saturated carbocycles. The Hall–Kier alpha value is -2.50. The maximum absolute atomic E-state index is 6.29. The minimum atomic E-state index is 0.173. The number of anilines is 1. The SMILES string of the molecule is Cc1ccc(N2CCCC(NC(Cc3cccnc3)c3cccc(Cl)c3)C2)nn1. The number of benzene rings is 1. The monoisotopic (exact) mass is 407 g/mol. The first-order chi connectivity index (χ1) is 14.2. The quantitative estimate of drug-likeness (QED) is 0.657. The number of hydrogen-bond acceptors (Lipinski definition) is 5. The van der Waals surface area contributed by atoms with Gasteiger partial charge in [-0.15, -0.1) is 5.10 Å². The number of nitrogens with zero attached hydrogens (tertiary/aromatic N) is 4. The zero-order chi connectivity index (χ0) is 20.1. The molecule has 29 heavy (non-hydrogen) atoms. The normalized spacial score (nSPS) is 17.9. The molecule has 0 bridgehead atoms. The molecule has 150 valence electrons. The second kappa shape index (κ2) is 9.33. The molecule has 2 aromatic heterocycles. The standard InChI is InChI=1S/C23H26ClN5/c1-17-9-10-23(28-27-17)29-12-4-8-21(16-29)26-22(13-18-5-3-11-25-15-18)19-6-2-7-20(24)14-19/h2-3,5-7,9-11,14-15,21-22,26H,4,8,12-13,16H2,1H3. The van der Waals surface area contributed by atoms with Gasteiger partial charge in [0.25, 0.3) is 0 Å². The molecule has 2 atom stereocenters. The van der Waals surface area contributed by atoms with Gasteiger partial charge in [-0.25, -0.2) is 0 Å². The number of aromatic nitrogens is 3. The third-order valence-corrected chi connectivity index (χ3v) is 5.61. The molecule has 1 N–H and O–H groups in total. The van der Waals surface area contributed by atoms with Crippen LogP contribution in [0.4, 0.5) is 5.82 Å². The van der Waals surface area contributed by atoms with Crippen molar-refractivity contribution < 1.29 is 0 Å². The molecular weight excluding hydrogens is 382 g/mol. The van der Waals surface area contributed by atoms with Gasteiger partial charge in [0.2, 0.25) is 0 Å². The summed E-state index contributed by atoms with van der Waals surface area (Å²) >= 11 is 6.29. The number of hydrogen-bond donors (Lipinski definition) is 1. The molecule has 3 aromatic rings. The summed E-state index contributed by atoms with van der Waals surface area (Å²) in [5, 5.41) is 13.2. The lowest BCUT2D eigenvalue weighted by Crippen LogP contribution is -2.47. The molecule has 1 saturated heterocycles. The molecule has 4 rings (SSSR count). The van der Waals surface area contributed by atoms with E-state index in [9.17, 15) is 0 Å². The average Bonchev–Trinajstić information content (AvgIpc) is 2.75. The molecule has 3 heterocycles. The first-order valence-corrected chi connectivity index (χ1v) is 10.5. The number of piperidine rings is 1. The van der Waals surface area contributed by atoms with Gasteiger partial charge in [0.05, 0.1) is 5.69 Å². The first-order valence-electron chi connectivity index (χ1n) is 10.1. The summed E-state index contributed by atoms with van der Waals surface area (Å²) in [6, 6.07) is 16.9. The van der Waals surface area contributed by atoms with Crippen molar-refractivity contribution in [3.8, 4) is 0 Å². The van der Waals surface area contributed by atoms with Crippen molar-refractivity contribution in [2.45, 2.75) is 38.3 Å². The van der Waals surface area contributed by atoms with Crippen molar-refractivity contribution in [2.24, 2.45) is 0 Å². The van der Waals surface area contributed by atoms with E-state index >= 15 is 0 Å². The Labute approximate surface area is 177 Å². The van der Waals surface area contributed by atoms with E-state index < -0.39 is 0 Å². The molecule has 5 nitrogen and oxygen atoms in total. The summed E-state index contributed by atoms with van der Waals surface area (Å²) in [6.07, 6.45) is 6.89. The number of halogens is 1. The van der Waals surface area contributed by atoms with Crippen LogP contribution in [0.5, 0.6) is 0 Å². The van der Waals surface area contributed by atoms with E-state index in [0.29, 0.717) is 6.04 Å². The highest BCUT2D eigenvalue weighted by Crippen LogP contribution is 2.25. The third-order valence-electron chi connectivity index (χ3n) is 5.38. The topological polar surface area (TPSA) is 53.9 Å². The van der Waals surface area contributed by atoms with Crippen molar-refractivity contribution >= 4 is 17.4 Å². The highest BCUT2D eigenvalue weighted by atomic mass is 35.5. The van der Waals surface area contributed by atoms with Crippen molar-refractivity contribution in [3.05, 3.63) is 82.8 Å². The Bertz CT molecular complexity index is 916. The predicted octanol–water partition coefficient (Wildman–Crippen LogP) is 4.38. The van der Waals surface area contributed by atoms with Crippen LogP contribution in [0.3, 0.4) is 0 Å². The van der Waals surface area contributed by atoms with Gasteiger partial charge in [-0.1, -0.05) is 29.8 Å². The van der Waals surface area contributed by atoms with Gasteiger partial charge < -0.3 is 10.2 Å². The van der Waals surface area contributed by atoms with Crippen LogP contribution in [-0.4, -0.2) is 34.3 Å². The molecule has 1 fully saturated rings. The van der Waals surface area contributed by atoms with E-state index in [4.69, 9.17) is 11.6 Å². The lowest BCUT2D eigenvalue weighted by atomic mass is 9.97. The largest absolute Gasteiger partial charge is 0.354 e. The Morgan fingerprint density at radius 2 is 2.10 bits per heavy atom. The highest BCUT2D eigenvalue weighted by molar-refractivity contribution is 6.30. The molecule has 0 amide bonds. The second-order valence-corrected chi connectivity index (χ2v) is 8.09. The average molecular weight is 408 g/mol. The Balaban J connectivity index is 1.51. The summed E-state index contributed by atoms with van der Waals surface area (Å²) in [5.74, 6) is 0.952. The van der Waals surface area contributed by atoms with Crippen LogP contribution in [0.15, 0.2) is 60.9 Å². The molecule has 1 aliphatic heterocycles. The van der Waals surface area contributed by atoms with Crippen LogP contribution >= 0.6 is 11.6 Å². The van der Waals surface area contributed by atoms with E-state index in [0.717, 1.165) is 48.9 Å². The lowest BCUT2D eigenvalue weighted by molar-refractivity contribution is 0.373. The van der Waals surface area contributed by atoms with Crippen LogP contribution < -0.4 is 10.2 Å². The van der Waals surface area contributed by atoms with Gasteiger partial charge in [-0.2, -0.15) is 5.10 Å². The maximum Gasteiger partial charge on any atom is 0.151 e. The Kier molecular flexibility index (Phi) is 6.37. The van der Waals surface area contributed by atoms with Crippen molar-refractivity contribution in [3.63, 3.8) is 0 Å². The van der Waals surface area contributed by atoms with Gasteiger partial charge in [0.1, 0.15) is 0 Å². The lowest BCUT2D eigenvalue weighted by Gasteiger charge is -2.36. The minimum Gasteiger partial charge on any atom is -0.354 e. The third kappa shape index (κ3) is 5.31. The van der Waals surface area contributed by atoms with Crippen molar-refractivity contribution in [2.75, 3.05) is 18.0 Å². The van der Waals surface area contributed by atoms with Crippen molar-refractivity contribution in [1.82, 2.24) is 20.5 Å². The molecule has 0 aliphatic carbocycles. The van der Waals surface area contributed by atoms with E-state index in [-0.39, 0.29) is 6.04 Å². The summed E-state index contributed by atoms with van der Waals surface area (Å²) in [5.41, 5.74) is 3.36. The summed E-state index contributed by atoms with van der Waals surface area (Å²) < 4.78 is 0. The Morgan fingerprint density at radius 3 is 2.86 bits per heavy atom. The van der Waals surface area contributed by atoms with Crippen LogP contribution in [0.2, 0.25) is 5.02 Å². The molecular formula is C23H26ClN5. The fraction of sp³-hybridized carbons (Fsp3) is 0.348. The molecule has 2 unspecified atom stereocenters. The zero-order valence-electron chi connectivity index (χ0n) is 16.6. The minimum absolute atomic E-state index is 0.173. The van der Waals surface area contributed by atoms with Gasteiger partial charge in [0.15, 0.2) is 5.82 Å². The first kappa shape index (κ1) is 19.8. The summed E-state index contributed by atoms with van der Waals surface area (Å²) in [4.78, 5) is 6.60. The van der Waals surface area contributed by atoms with Gasteiger partial charge in [0, 0.05) is 42.6 Å². The van der Waals surface area contributed by atoms with Gasteiger partial charge in [-0.3, -0.25) is 4.98 Å². The van der Waals surface area contributed by atoms with Crippen LogP contribution in [-0.2, 0) is 6.42 Å². The molecule has 1 aromatic carbocycles. The van der Waals surface area contributed by atoms with E-state index in [2.05, 4.69) is 49.7 Å². The van der Waals surface area contributed by atoms with Crippen LogP contribution in [0, 0.1) is 6.92 Å². The van der Waals surface area contributed by atoms with E-state index in [1.807, 2.05) is 43.6 Å². The summed E-state index contributed by atoms with van der Waals surface area (Å²) in [7, 11) is 0. The number of pyridine rings is 1. The maximum atomic E-state index is 6.29. The number of aryl methyl sites for hydroxylation is 1. The fourth-order valence-corrected chi connectivity index (χ4v) is 4.12. The number of rotatable bonds is 6. The molecule has 0 spiro atoms. The van der Waals surface area contributed by atoms with Crippen molar-refractivity contribution in [1.29, 1.82) is 0 Å². The van der Waals surface area contributed by atoms with Crippen LogP contribution in [0.25, 0.3) is 0 Å². The number of nitrogens with one attached hydrogen (secondary N) is 1. The highest BCUT2D eigenvalue weighted by Gasteiger charge is 2.24. The van der Waals surface area contributed by atoms with Gasteiger partial charge >= 0.3 is 0 Å². The molecule has 1 aliphatic rings. The van der Waals surface area contributed by atoms with E-state index in [1.165, 1.54) is 11.1 Å². The predicted molar refractivity (Wildman–Crippen MR) is 117 cm³/mol. The fourth-order valence-electron chi connectivity index (χ4n) is 3.92. The van der Waals surface area contributed by atoms with E-state index in [1.54, 1.807) is 0 Å². The van der Waals surface area contributed by atoms with Gasteiger partial charge in [-0.05, 0) is 67.6 Å². The van der Waals surface area contributed by atoms with Crippen LogP contribution in [0.1, 0.15) is 35.7 Å². The summed E-state index contributed by atoms with van der Waals surface area (Å²) in [6.45, 7) is 3.90.